The number of hydrogen-bond donors (Lipinski definition) is 1. The first kappa shape index (κ1) is 19.1. The SMILES string of the molecule is Cc1ccc(-c2cnc(Oc3ccc(C(=O)NC[C@H]4CCCO4)cc3)nc2)cc1. The molecule has 0 bridgehead atoms. The molecule has 0 spiro atoms. The van der Waals surface area contributed by atoms with Gasteiger partial charge >= 0.3 is 6.01 Å². The Hall–Kier alpha value is -3.25. The van der Waals surface area contributed by atoms with E-state index in [4.69, 9.17) is 9.47 Å². The van der Waals surface area contributed by atoms with Crippen LogP contribution in [0.2, 0.25) is 0 Å². The van der Waals surface area contributed by atoms with Gasteiger partial charge in [-0.2, -0.15) is 0 Å². The molecule has 148 valence electrons. The molecule has 0 aliphatic carbocycles. The smallest absolute Gasteiger partial charge is 0.321 e. The van der Waals surface area contributed by atoms with E-state index in [1.165, 1.54) is 5.56 Å². The van der Waals surface area contributed by atoms with Crippen molar-refractivity contribution in [1.82, 2.24) is 15.3 Å². The lowest BCUT2D eigenvalue weighted by Gasteiger charge is -2.11. The summed E-state index contributed by atoms with van der Waals surface area (Å²) in [5, 5.41) is 2.91. The minimum absolute atomic E-state index is 0.120. The lowest BCUT2D eigenvalue weighted by Crippen LogP contribution is -2.31. The maximum atomic E-state index is 12.2. The molecule has 1 saturated heterocycles. The topological polar surface area (TPSA) is 73.3 Å². The van der Waals surface area contributed by atoms with Crippen LogP contribution >= 0.6 is 0 Å². The van der Waals surface area contributed by atoms with Crippen molar-refractivity contribution >= 4 is 5.91 Å². The summed E-state index contributed by atoms with van der Waals surface area (Å²) in [4.78, 5) is 20.8. The van der Waals surface area contributed by atoms with Crippen LogP contribution in [0.5, 0.6) is 11.8 Å². The minimum atomic E-state index is -0.120. The van der Waals surface area contributed by atoms with Gasteiger partial charge in [0.1, 0.15) is 5.75 Å². The van der Waals surface area contributed by atoms with Gasteiger partial charge in [-0.25, -0.2) is 9.97 Å². The van der Waals surface area contributed by atoms with Crippen molar-refractivity contribution in [3.8, 4) is 22.9 Å². The third-order valence-corrected chi connectivity index (χ3v) is 4.85. The van der Waals surface area contributed by atoms with Crippen LogP contribution < -0.4 is 10.1 Å². The van der Waals surface area contributed by atoms with Crippen molar-refractivity contribution in [2.24, 2.45) is 0 Å². The van der Waals surface area contributed by atoms with E-state index >= 15 is 0 Å². The first-order chi connectivity index (χ1) is 14.2. The molecule has 3 aromatic rings. The molecular formula is C23H23N3O3. The number of carbonyl (C=O) groups is 1. The standard InChI is InChI=1S/C23H23N3O3/c1-16-4-6-17(7-5-16)19-13-25-23(26-14-19)29-20-10-8-18(9-11-20)22(27)24-15-21-3-2-12-28-21/h4-11,13-14,21H,2-3,12,15H2,1H3,(H,24,27)/t21-/m1/s1. The predicted molar refractivity (Wildman–Crippen MR) is 110 cm³/mol. The number of benzene rings is 2. The van der Waals surface area contributed by atoms with Crippen LogP contribution in [0, 0.1) is 6.92 Å². The van der Waals surface area contributed by atoms with Crippen LogP contribution in [-0.2, 0) is 4.74 Å². The third kappa shape index (κ3) is 4.97. The molecule has 1 atom stereocenters. The number of aromatic nitrogens is 2. The lowest BCUT2D eigenvalue weighted by atomic mass is 10.1. The van der Waals surface area contributed by atoms with Gasteiger partial charge in [0, 0.05) is 36.7 Å². The highest BCUT2D eigenvalue weighted by molar-refractivity contribution is 5.94. The number of amides is 1. The fourth-order valence-corrected chi connectivity index (χ4v) is 3.16. The zero-order valence-electron chi connectivity index (χ0n) is 16.3. The number of carbonyl (C=O) groups excluding carboxylic acids is 1. The molecule has 1 fully saturated rings. The molecule has 0 radical (unpaired) electrons. The molecule has 1 N–H and O–H groups in total. The van der Waals surface area contributed by atoms with Gasteiger partial charge < -0.3 is 14.8 Å². The molecule has 0 unspecified atom stereocenters. The Bertz CT molecular complexity index is 948. The van der Waals surface area contributed by atoms with Crippen molar-refractivity contribution in [2.75, 3.05) is 13.2 Å². The predicted octanol–water partition coefficient (Wildman–Crippen LogP) is 4.15. The summed E-state index contributed by atoms with van der Waals surface area (Å²) in [6.07, 6.45) is 5.65. The molecule has 6 nitrogen and oxygen atoms in total. The summed E-state index contributed by atoms with van der Waals surface area (Å²) in [6, 6.07) is 15.4. The average molecular weight is 389 g/mol. The van der Waals surface area contributed by atoms with Gasteiger partial charge in [-0.05, 0) is 49.6 Å². The third-order valence-electron chi connectivity index (χ3n) is 4.85. The van der Waals surface area contributed by atoms with Crippen LogP contribution in [0.1, 0.15) is 28.8 Å². The average Bonchev–Trinajstić information content (AvgIpc) is 3.27. The summed E-state index contributed by atoms with van der Waals surface area (Å²) in [7, 11) is 0. The Morgan fingerprint density at radius 1 is 1.07 bits per heavy atom. The van der Waals surface area contributed by atoms with Crippen molar-refractivity contribution in [3.05, 3.63) is 72.1 Å². The van der Waals surface area contributed by atoms with Gasteiger partial charge in [-0.1, -0.05) is 29.8 Å². The Balaban J connectivity index is 1.34. The molecule has 29 heavy (non-hydrogen) atoms. The molecule has 0 saturated carbocycles. The van der Waals surface area contributed by atoms with E-state index in [1.54, 1.807) is 36.7 Å². The number of rotatable bonds is 6. The quantitative estimate of drug-likeness (QED) is 0.685. The van der Waals surface area contributed by atoms with E-state index < -0.39 is 0 Å². The lowest BCUT2D eigenvalue weighted by molar-refractivity contribution is 0.0858. The fraction of sp³-hybridized carbons (Fsp3) is 0.261. The second-order valence-electron chi connectivity index (χ2n) is 7.09. The van der Waals surface area contributed by atoms with E-state index in [9.17, 15) is 4.79 Å². The van der Waals surface area contributed by atoms with E-state index in [0.29, 0.717) is 17.9 Å². The Kier molecular flexibility index (Phi) is 5.81. The van der Waals surface area contributed by atoms with Crippen LogP contribution in [0.4, 0.5) is 0 Å². The summed E-state index contributed by atoms with van der Waals surface area (Å²) in [5.74, 6) is 0.453. The van der Waals surface area contributed by atoms with E-state index in [0.717, 1.165) is 30.6 Å². The highest BCUT2D eigenvalue weighted by Gasteiger charge is 2.16. The largest absolute Gasteiger partial charge is 0.424 e. The van der Waals surface area contributed by atoms with Crippen LogP contribution in [0.15, 0.2) is 60.9 Å². The molecule has 2 aromatic carbocycles. The summed E-state index contributed by atoms with van der Waals surface area (Å²) < 4.78 is 11.2. The monoisotopic (exact) mass is 389 g/mol. The van der Waals surface area contributed by atoms with Crippen LogP contribution in [0.25, 0.3) is 11.1 Å². The molecular weight excluding hydrogens is 366 g/mol. The van der Waals surface area contributed by atoms with Crippen molar-refractivity contribution in [3.63, 3.8) is 0 Å². The molecule has 1 aliphatic heterocycles. The first-order valence-corrected chi connectivity index (χ1v) is 9.74. The van der Waals surface area contributed by atoms with E-state index in [1.807, 2.05) is 12.1 Å². The van der Waals surface area contributed by atoms with Gasteiger partial charge in [0.2, 0.25) is 0 Å². The van der Waals surface area contributed by atoms with Gasteiger partial charge in [-0.3, -0.25) is 4.79 Å². The van der Waals surface area contributed by atoms with Crippen molar-refractivity contribution in [2.45, 2.75) is 25.9 Å². The second-order valence-corrected chi connectivity index (χ2v) is 7.09. The van der Waals surface area contributed by atoms with E-state index in [-0.39, 0.29) is 18.0 Å². The molecule has 1 aliphatic rings. The normalized spacial score (nSPS) is 15.8. The number of nitrogens with zero attached hydrogens (tertiary/aromatic N) is 2. The summed E-state index contributed by atoms with van der Waals surface area (Å²) >= 11 is 0. The Labute approximate surface area is 169 Å². The number of ether oxygens (including phenoxy) is 2. The number of hydrogen-bond acceptors (Lipinski definition) is 5. The Morgan fingerprint density at radius 2 is 1.79 bits per heavy atom. The van der Waals surface area contributed by atoms with Crippen LogP contribution in [0.3, 0.4) is 0 Å². The summed E-state index contributed by atoms with van der Waals surface area (Å²) in [6.45, 7) is 3.37. The highest BCUT2D eigenvalue weighted by atomic mass is 16.5. The van der Waals surface area contributed by atoms with Gasteiger partial charge in [0.25, 0.3) is 5.91 Å². The number of nitrogens with one attached hydrogen (secondary N) is 1. The van der Waals surface area contributed by atoms with Gasteiger partial charge in [0.15, 0.2) is 0 Å². The number of aryl methyl sites for hydroxylation is 1. The molecule has 2 heterocycles. The molecule has 6 heteroatoms. The zero-order chi connectivity index (χ0) is 20.1. The molecule has 1 aromatic heterocycles. The van der Waals surface area contributed by atoms with Gasteiger partial charge in [0.05, 0.1) is 6.10 Å². The summed E-state index contributed by atoms with van der Waals surface area (Å²) in [5.41, 5.74) is 3.76. The van der Waals surface area contributed by atoms with Crippen LogP contribution in [-0.4, -0.2) is 35.1 Å². The maximum Gasteiger partial charge on any atom is 0.321 e. The first-order valence-electron chi connectivity index (χ1n) is 9.74. The molecule has 1 amide bonds. The Morgan fingerprint density at radius 3 is 2.45 bits per heavy atom. The van der Waals surface area contributed by atoms with Crippen molar-refractivity contribution in [1.29, 1.82) is 0 Å². The van der Waals surface area contributed by atoms with Crippen molar-refractivity contribution < 1.29 is 14.3 Å². The fourth-order valence-electron chi connectivity index (χ4n) is 3.16. The minimum Gasteiger partial charge on any atom is -0.424 e. The highest BCUT2D eigenvalue weighted by Crippen LogP contribution is 2.22. The second kappa shape index (κ2) is 8.84. The maximum absolute atomic E-state index is 12.2. The zero-order valence-corrected chi connectivity index (χ0v) is 16.3. The van der Waals surface area contributed by atoms with Gasteiger partial charge in [-0.15, -0.1) is 0 Å². The molecule has 4 rings (SSSR count). The van der Waals surface area contributed by atoms with E-state index in [2.05, 4.69) is 34.3 Å².